The van der Waals surface area contributed by atoms with E-state index in [1.165, 1.54) is 5.69 Å². The van der Waals surface area contributed by atoms with E-state index in [1.54, 1.807) is 11.8 Å². The van der Waals surface area contributed by atoms with E-state index in [1.807, 2.05) is 26.0 Å². The number of nitrogens with zero attached hydrogens (tertiary/aromatic N) is 3. The molecular weight excluding hydrogens is 340 g/mol. The number of rotatable bonds is 8. The van der Waals surface area contributed by atoms with Crippen molar-refractivity contribution in [1.82, 2.24) is 10.2 Å². The summed E-state index contributed by atoms with van der Waals surface area (Å²) in [6.45, 7) is 10.7. The van der Waals surface area contributed by atoms with Crippen molar-refractivity contribution >= 4 is 23.2 Å². The number of hydrogen-bond acceptors (Lipinski definition) is 4. The average molecular weight is 375 g/mol. The molecule has 0 aliphatic carbocycles. The Labute approximate surface area is 163 Å². The number of likely N-dealkylation sites (N-methyl/N-ethyl adjacent to an activating group) is 1. The summed E-state index contributed by atoms with van der Waals surface area (Å²) in [7, 11) is 2.15. The van der Waals surface area contributed by atoms with Crippen LogP contribution in [0.25, 0.3) is 0 Å². The molecule has 27 heavy (non-hydrogen) atoms. The summed E-state index contributed by atoms with van der Waals surface area (Å²) >= 11 is 0. The monoisotopic (exact) mass is 374 g/mol. The Hall–Kier alpha value is -2.08. The summed E-state index contributed by atoms with van der Waals surface area (Å²) in [6, 6.07) is 8.16. The fourth-order valence-corrected chi connectivity index (χ4v) is 3.47. The number of carbonyl (C=O) groups excluding carboxylic acids is 2. The summed E-state index contributed by atoms with van der Waals surface area (Å²) in [5, 5.41) is 2.96. The highest BCUT2D eigenvalue weighted by atomic mass is 16.2. The van der Waals surface area contributed by atoms with Crippen LogP contribution < -0.4 is 15.1 Å². The molecule has 1 heterocycles. The highest BCUT2D eigenvalue weighted by molar-refractivity contribution is 5.91. The Bertz CT molecular complexity index is 605. The average Bonchev–Trinajstić information content (AvgIpc) is 2.67. The lowest BCUT2D eigenvalue weighted by atomic mass is 10.0. The molecule has 2 rings (SSSR count). The Morgan fingerprint density at radius 2 is 1.67 bits per heavy atom. The molecule has 0 unspecified atom stereocenters. The first-order valence-corrected chi connectivity index (χ1v) is 10.1. The molecule has 1 fully saturated rings. The zero-order valence-corrected chi connectivity index (χ0v) is 17.2. The predicted octanol–water partition coefficient (Wildman–Crippen LogP) is 2.34. The molecule has 1 saturated heterocycles. The molecule has 0 atom stereocenters. The van der Waals surface area contributed by atoms with E-state index in [4.69, 9.17) is 0 Å². The van der Waals surface area contributed by atoms with Crippen LogP contribution in [-0.4, -0.2) is 63.0 Å². The van der Waals surface area contributed by atoms with Crippen LogP contribution in [0.3, 0.4) is 0 Å². The van der Waals surface area contributed by atoms with Crippen LogP contribution in [0.2, 0.25) is 0 Å². The third-order valence-corrected chi connectivity index (χ3v) is 5.40. The fourth-order valence-electron chi connectivity index (χ4n) is 3.47. The summed E-state index contributed by atoms with van der Waals surface area (Å²) in [5.41, 5.74) is 2.06. The molecule has 0 spiro atoms. The molecule has 6 heteroatoms. The highest BCUT2D eigenvalue weighted by Gasteiger charge is 2.17. The third kappa shape index (κ3) is 5.96. The van der Waals surface area contributed by atoms with E-state index < -0.39 is 0 Å². The minimum Gasteiger partial charge on any atom is -0.369 e. The van der Waals surface area contributed by atoms with Crippen molar-refractivity contribution in [3.63, 3.8) is 0 Å². The van der Waals surface area contributed by atoms with Crippen molar-refractivity contribution in [3.05, 3.63) is 24.3 Å². The first-order chi connectivity index (χ1) is 13.0. The van der Waals surface area contributed by atoms with Crippen molar-refractivity contribution in [3.8, 4) is 0 Å². The Balaban J connectivity index is 1.94. The predicted molar refractivity (Wildman–Crippen MR) is 111 cm³/mol. The molecular formula is C21H34N4O2. The minimum absolute atomic E-state index is 0.0147. The molecule has 1 N–H and O–H groups in total. The largest absolute Gasteiger partial charge is 0.369 e. The molecule has 1 aliphatic heterocycles. The molecule has 0 radical (unpaired) electrons. The second-order valence-electron chi connectivity index (χ2n) is 7.28. The van der Waals surface area contributed by atoms with E-state index in [-0.39, 0.29) is 17.7 Å². The van der Waals surface area contributed by atoms with Crippen molar-refractivity contribution in [2.45, 2.75) is 33.6 Å². The SMILES string of the molecule is CCC(CC)C(=O)NCCN(C(C)=O)c1ccc(N2CCN(C)CC2)cc1. The molecule has 150 valence electrons. The second-order valence-corrected chi connectivity index (χ2v) is 7.28. The molecule has 1 aliphatic rings. The van der Waals surface area contributed by atoms with Gasteiger partial charge in [-0.05, 0) is 44.2 Å². The van der Waals surface area contributed by atoms with Gasteiger partial charge in [0.15, 0.2) is 0 Å². The second kappa shape index (κ2) is 10.3. The lowest BCUT2D eigenvalue weighted by Crippen LogP contribution is -2.44. The maximum absolute atomic E-state index is 12.1. The van der Waals surface area contributed by atoms with Crippen LogP contribution in [-0.2, 0) is 9.59 Å². The van der Waals surface area contributed by atoms with Gasteiger partial charge in [0.1, 0.15) is 0 Å². The number of amides is 2. The number of nitrogens with one attached hydrogen (secondary N) is 1. The van der Waals surface area contributed by atoms with Crippen LogP contribution in [0.15, 0.2) is 24.3 Å². The fraction of sp³-hybridized carbons (Fsp3) is 0.619. The number of benzene rings is 1. The van der Waals surface area contributed by atoms with Crippen LogP contribution in [0, 0.1) is 5.92 Å². The zero-order chi connectivity index (χ0) is 19.8. The quantitative estimate of drug-likeness (QED) is 0.759. The summed E-state index contributed by atoms with van der Waals surface area (Å²) in [5.74, 6) is 0.117. The molecule has 0 bridgehead atoms. The normalized spacial score (nSPS) is 15.1. The van der Waals surface area contributed by atoms with E-state index >= 15 is 0 Å². The summed E-state index contributed by atoms with van der Waals surface area (Å²) in [6.07, 6.45) is 1.68. The summed E-state index contributed by atoms with van der Waals surface area (Å²) < 4.78 is 0. The van der Waals surface area contributed by atoms with Gasteiger partial charge in [0.05, 0.1) is 0 Å². The van der Waals surface area contributed by atoms with E-state index in [0.29, 0.717) is 13.1 Å². The Morgan fingerprint density at radius 1 is 1.07 bits per heavy atom. The topological polar surface area (TPSA) is 55.9 Å². The maximum Gasteiger partial charge on any atom is 0.223 e. The zero-order valence-electron chi connectivity index (χ0n) is 17.2. The molecule has 6 nitrogen and oxygen atoms in total. The van der Waals surface area contributed by atoms with Gasteiger partial charge < -0.3 is 20.0 Å². The van der Waals surface area contributed by atoms with Gasteiger partial charge in [0.2, 0.25) is 11.8 Å². The highest BCUT2D eigenvalue weighted by Crippen LogP contribution is 2.22. The number of carbonyl (C=O) groups is 2. The van der Waals surface area contributed by atoms with Gasteiger partial charge in [-0.2, -0.15) is 0 Å². The van der Waals surface area contributed by atoms with Crippen LogP contribution in [0.4, 0.5) is 11.4 Å². The smallest absolute Gasteiger partial charge is 0.223 e. The molecule has 1 aromatic carbocycles. The third-order valence-electron chi connectivity index (χ3n) is 5.40. The van der Waals surface area contributed by atoms with Crippen molar-refractivity contribution in [1.29, 1.82) is 0 Å². The van der Waals surface area contributed by atoms with E-state index in [2.05, 4.69) is 34.3 Å². The van der Waals surface area contributed by atoms with E-state index in [9.17, 15) is 9.59 Å². The van der Waals surface area contributed by atoms with Gasteiger partial charge >= 0.3 is 0 Å². The van der Waals surface area contributed by atoms with Gasteiger partial charge in [-0.1, -0.05) is 13.8 Å². The van der Waals surface area contributed by atoms with Crippen molar-refractivity contribution in [2.75, 3.05) is 56.1 Å². The summed E-state index contributed by atoms with van der Waals surface area (Å²) in [4.78, 5) is 30.6. The lowest BCUT2D eigenvalue weighted by molar-refractivity contribution is -0.125. The van der Waals surface area contributed by atoms with Crippen molar-refractivity contribution in [2.24, 2.45) is 5.92 Å². The molecule has 1 aromatic rings. The van der Waals surface area contributed by atoms with Gasteiger partial charge in [0, 0.05) is 63.5 Å². The molecule has 0 aromatic heterocycles. The van der Waals surface area contributed by atoms with Crippen molar-refractivity contribution < 1.29 is 9.59 Å². The number of piperazine rings is 1. The first kappa shape index (κ1) is 21.2. The minimum atomic E-state index is -0.0147. The Morgan fingerprint density at radius 3 is 2.19 bits per heavy atom. The van der Waals surface area contributed by atoms with Gasteiger partial charge in [-0.25, -0.2) is 0 Å². The first-order valence-electron chi connectivity index (χ1n) is 10.1. The van der Waals surface area contributed by atoms with Crippen LogP contribution >= 0.6 is 0 Å². The number of anilines is 2. The maximum atomic E-state index is 12.1. The van der Waals surface area contributed by atoms with Crippen LogP contribution in [0.1, 0.15) is 33.6 Å². The van der Waals surface area contributed by atoms with Gasteiger partial charge in [-0.3, -0.25) is 9.59 Å². The van der Waals surface area contributed by atoms with Crippen LogP contribution in [0.5, 0.6) is 0 Å². The van der Waals surface area contributed by atoms with Gasteiger partial charge in [-0.15, -0.1) is 0 Å². The standard InChI is InChI=1S/C21H34N4O2/c1-5-18(6-2)21(27)22-11-12-25(17(3)26)20-9-7-19(8-10-20)24-15-13-23(4)14-16-24/h7-10,18H,5-6,11-16H2,1-4H3,(H,22,27). The molecule has 0 saturated carbocycles. The number of hydrogen-bond donors (Lipinski definition) is 1. The molecule has 2 amide bonds. The lowest BCUT2D eigenvalue weighted by Gasteiger charge is -2.34. The van der Waals surface area contributed by atoms with Gasteiger partial charge in [0.25, 0.3) is 0 Å². The Kier molecular flexibility index (Phi) is 8.10. The van der Waals surface area contributed by atoms with E-state index in [0.717, 1.165) is 44.7 Å².